The van der Waals surface area contributed by atoms with Gasteiger partial charge in [0.1, 0.15) is 33.1 Å². The Labute approximate surface area is 700 Å². The second-order valence-corrected chi connectivity index (χ2v) is 36.9. The van der Waals surface area contributed by atoms with Crippen LogP contribution in [0.4, 0.5) is 21.2 Å². The number of carbonyl (C=O) groups is 2. The van der Waals surface area contributed by atoms with E-state index >= 15 is 0 Å². The second kappa shape index (κ2) is 44.2. The summed E-state index contributed by atoms with van der Waals surface area (Å²) in [6.45, 7) is 19.6. The fourth-order valence-electron chi connectivity index (χ4n) is 12.2. The van der Waals surface area contributed by atoms with Gasteiger partial charge in [-0.05, 0) is 167 Å². The highest BCUT2D eigenvalue weighted by Gasteiger charge is 2.29. The molecular formula is C94H97BBrCl2N8O6P3. The van der Waals surface area contributed by atoms with Crippen molar-refractivity contribution in [3.05, 3.63) is 354 Å². The van der Waals surface area contributed by atoms with Gasteiger partial charge in [0.05, 0.1) is 23.8 Å². The zero-order valence-electron chi connectivity index (χ0n) is 66.1. The number of anilines is 2. The number of benzene rings is 11. The van der Waals surface area contributed by atoms with E-state index in [-0.39, 0.29) is 12.2 Å². The van der Waals surface area contributed by atoms with Crippen molar-refractivity contribution in [1.82, 2.24) is 29.7 Å². The maximum atomic E-state index is 12.2. The summed E-state index contributed by atoms with van der Waals surface area (Å²) in [7, 11) is -2.50. The first-order chi connectivity index (χ1) is 55.5. The second-order valence-electron chi connectivity index (χ2n) is 28.6. The third-order valence-corrected chi connectivity index (χ3v) is 25.9. The molecule has 2 N–H and O–H groups in total. The van der Waals surface area contributed by atoms with Gasteiger partial charge in [0, 0.05) is 73.5 Å². The molecule has 21 heteroatoms. The van der Waals surface area contributed by atoms with Gasteiger partial charge in [-0.1, -0.05) is 320 Å². The first-order valence-corrected chi connectivity index (χ1v) is 43.7. The van der Waals surface area contributed by atoms with Crippen LogP contribution in [0, 0.1) is 6.92 Å². The number of aryl methyl sites for hydroxylation is 1. The summed E-state index contributed by atoms with van der Waals surface area (Å²) in [5.74, 6) is 1.60. The van der Waals surface area contributed by atoms with Crippen LogP contribution in [0.15, 0.2) is 339 Å². The van der Waals surface area contributed by atoms with Crippen molar-refractivity contribution in [2.24, 2.45) is 0 Å². The average Bonchev–Trinajstić information content (AvgIpc) is 0.834. The summed E-state index contributed by atoms with van der Waals surface area (Å²) in [5.41, 5.74) is 3.43. The van der Waals surface area contributed by atoms with E-state index in [1.54, 1.807) is 22.2 Å². The molecule has 13 aromatic rings. The minimum Gasteiger partial charge on any atom is -0.444 e. The normalized spacial score (nSPS) is 12.5. The molecule has 2 amide bonds. The van der Waals surface area contributed by atoms with Crippen molar-refractivity contribution < 1.29 is 29.1 Å². The van der Waals surface area contributed by atoms with Gasteiger partial charge >= 0.3 is 19.3 Å². The smallest absolute Gasteiger partial charge is 0.444 e. The number of aromatic nitrogens is 4. The van der Waals surface area contributed by atoms with E-state index in [4.69, 9.17) is 52.7 Å². The van der Waals surface area contributed by atoms with E-state index in [0.29, 0.717) is 67.0 Å². The number of nitrogens with zero attached hydrogens (tertiary/aromatic N) is 8. The largest absolute Gasteiger partial charge is 0.448 e. The van der Waals surface area contributed by atoms with Crippen molar-refractivity contribution in [2.45, 2.75) is 66.5 Å². The van der Waals surface area contributed by atoms with Gasteiger partial charge < -0.3 is 39.1 Å². The summed E-state index contributed by atoms with van der Waals surface area (Å²) in [4.78, 5) is 50.7. The number of piperazine rings is 2. The van der Waals surface area contributed by atoms with E-state index in [1.165, 1.54) is 54.6 Å². The highest BCUT2D eigenvalue weighted by molar-refractivity contribution is 9.10. The lowest BCUT2D eigenvalue weighted by molar-refractivity contribution is 0.0230. The SMILES string of the molecule is CB(O)O.CC(C)(C)OC(=O)N1CCN(c2cnc(Br)c(-c3ccc(Cl)cc3)n2)CC1.Cc1ncc(N2CCN(C(=O)OC(C)(C)C)CC2)nc1-c1ccc(Cl)cc1.c1ccc(P(c2ccccc2)c2ccccc2)cc1.c1ccc(P(c2ccccc2)c2ccccc2)cc1.c1ccc(P(c2ccccc2)c2ccccc2)cc1. The highest BCUT2D eigenvalue weighted by Crippen LogP contribution is 2.36. The summed E-state index contributed by atoms with van der Waals surface area (Å²) in [5, 5.41) is 29.2. The van der Waals surface area contributed by atoms with E-state index in [1.807, 2.05) is 97.0 Å². The minimum atomic E-state index is -1.17. The van der Waals surface area contributed by atoms with Gasteiger partial charge in [0.15, 0.2) is 0 Å². The summed E-state index contributed by atoms with van der Waals surface area (Å²) in [6, 6.07) is 112. The van der Waals surface area contributed by atoms with Gasteiger partial charge in [0.25, 0.3) is 0 Å². The predicted molar refractivity (Wildman–Crippen MR) is 489 cm³/mol. The van der Waals surface area contributed by atoms with Gasteiger partial charge in [-0.25, -0.2) is 24.5 Å². The molecule has 0 saturated carbocycles. The number of halogens is 3. The first kappa shape index (κ1) is 87.4. The number of hydrogen-bond acceptors (Lipinski definition) is 12. The zero-order chi connectivity index (χ0) is 81.5. The monoisotopic (exact) mass is 1690 g/mol. The van der Waals surface area contributed by atoms with Crippen LogP contribution in [-0.4, -0.2) is 123 Å². The summed E-state index contributed by atoms with van der Waals surface area (Å²) >= 11 is 15.4. The van der Waals surface area contributed by atoms with Crippen molar-refractivity contribution in [2.75, 3.05) is 62.2 Å². The average molecular weight is 1690 g/mol. The van der Waals surface area contributed by atoms with E-state index in [9.17, 15) is 9.59 Å². The molecule has 2 aromatic heterocycles. The highest BCUT2D eigenvalue weighted by atomic mass is 79.9. The number of carbonyl (C=O) groups excluding carboxylic acids is 2. The first-order valence-electron chi connectivity index (χ1n) is 38.1. The number of rotatable bonds is 13. The van der Waals surface area contributed by atoms with Crippen molar-refractivity contribution >= 4 is 142 Å². The minimum absolute atomic E-state index is 0.265. The predicted octanol–water partition coefficient (Wildman–Crippen LogP) is 18.2. The van der Waals surface area contributed by atoms with Crippen LogP contribution in [0.1, 0.15) is 47.2 Å². The number of ether oxygens (including phenoxy) is 2. The lowest BCUT2D eigenvalue weighted by Gasteiger charge is -2.36. The van der Waals surface area contributed by atoms with E-state index in [2.05, 4.69) is 309 Å². The van der Waals surface area contributed by atoms with Crippen LogP contribution in [0.3, 0.4) is 0 Å². The van der Waals surface area contributed by atoms with Crippen molar-refractivity contribution in [3.63, 3.8) is 0 Å². The van der Waals surface area contributed by atoms with Crippen LogP contribution >= 0.6 is 62.9 Å². The maximum Gasteiger partial charge on any atom is 0.448 e. The quantitative estimate of drug-likeness (QED) is 0.0833. The van der Waals surface area contributed by atoms with Crippen LogP contribution in [0.25, 0.3) is 22.5 Å². The third-order valence-electron chi connectivity index (χ3n) is 17.5. The Morgan fingerprint density at radius 2 is 0.583 bits per heavy atom. The van der Waals surface area contributed by atoms with Gasteiger partial charge in [-0.3, -0.25) is 4.98 Å². The molecule has 11 aromatic carbocycles. The van der Waals surface area contributed by atoms with E-state index in [0.717, 1.165) is 39.8 Å². The molecule has 15 rings (SSSR count). The van der Waals surface area contributed by atoms with Gasteiger partial charge in [0.2, 0.25) is 0 Å². The zero-order valence-corrected chi connectivity index (χ0v) is 71.9. The van der Waals surface area contributed by atoms with Crippen LogP contribution in [0.2, 0.25) is 16.9 Å². The molecule has 2 fully saturated rings. The lowest BCUT2D eigenvalue weighted by Crippen LogP contribution is -2.50. The van der Waals surface area contributed by atoms with E-state index < -0.39 is 42.1 Å². The Bertz CT molecular complexity index is 4340. The molecule has 0 bridgehead atoms. The fourth-order valence-corrected chi connectivity index (χ4v) is 19.8. The molecule has 588 valence electrons. The van der Waals surface area contributed by atoms with Crippen LogP contribution in [-0.2, 0) is 9.47 Å². The Morgan fingerprint density at radius 1 is 0.365 bits per heavy atom. The number of amides is 2. The van der Waals surface area contributed by atoms with Crippen molar-refractivity contribution in [3.8, 4) is 22.5 Å². The topological polar surface area (TPSA) is 158 Å². The van der Waals surface area contributed by atoms with Gasteiger partial charge in [-0.15, -0.1) is 0 Å². The molecule has 0 unspecified atom stereocenters. The summed E-state index contributed by atoms with van der Waals surface area (Å²) in [6.07, 6.45) is 3.00. The molecule has 0 atom stereocenters. The Balaban J connectivity index is 0.000000151. The third kappa shape index (κ3) is 27.6. The molecule has 0 spiro atoms. The molecule has 115 heavy (non-hydrogen) atoms. The Morgan fingerprint density at radius 3 is 0.817 bits per heavy atom. The molecule has 4 heterocycles. The lowest BCUT2D eigenvalue weighted by atomic mass is 9.99. The maximum absolute atomic E-state index is 12.2. The number of hydrogen-bond donors (Lipinski definition) is 2. The molecule has 2 saturated heterocycles. The molecular weight excluding hydrogens is 1590 g/mol. The van der Waals surface area contributed by atoms with Crippen molar-refractivity contribution in [1.29, 1.82) is 0 Å². The Hall–Kier alpha value is -9.95. The molecule has 0 aliphatic carbocycles. The van der Waals surface area contributed by atoms with Gasteiger partial charge in [-0.2, -0.15) is 0 Å². The van der Waals surface area contributed by atoms with Crippen LogP contribution < -0.4 is 57.5 Å². The molecule has 2 aliphatic heterocycles. The molecule has 0 radical (unpaired) electrons. The molecule has 2 aliphatic rings. The molecule has 14 nitrogen and oxygen atoms in total. The Kier molecular flexibility index (Phi) is 33.6. The van der Waals surface area contributed by atoms with Crippen LogP contribution in [0.5, 0.6) is 0 Å². The standard InChI is InChI=1S/C20H25ClN4O2.C19H22BrClN4O2.3C18H15P.CH5BO2/c1-14-18(15-5-7-16(21)8-6-15)23-17(13-22-14)24-9-11-25(12-10-24)19(26)27-20(2,3)4;1-19(2,3)27-18(26)25-10-8-24(9-11-25)15-12-22-17(20)16(23-15)13-4-6-14(21)7-5-13;3*1-4-10-16(11-5-1)19(17-12-6-2-7-13-17)18-14-8-3-9-15-18;1-2(3)4/h5-8,13H,9-12H2,1-4H3;4-7,12H,8-11H2,1-3H3;3*1-15H;3-4H,1H3. The fraction of sp³-hybridized carbons (Fsp3) is 0.191. The summed E-state index contributed by atoms with van der Waals surface area (Å²) < 4.78 is 11.6.